The highest BCUT2D eigenvalue weighted by atomic mass is 32.2. The van der Waals surface area contributed by atoms with Gasteiger partial charge in [0.2, 0.25) is 15.9 Å². The van der Waals surface area contributed by atoms with Crippen molar-refractivity contribution in [2.24, 2.45) is 0 Å². The fourth-order valence-corrected chi connectivity index (χ4v) is 4.61. The molecule has 0 unspecified atom stereocenters. The Morgan fingerprint density at radius 2 is 2.00 bits per heavy atom. The van der Waals surface area contributed by atoms with Crippen molar-refractivity contribution >= 4 is 21.6 Å². The van der Waals surface area contributed by atoms with Gasteiger partial charge in [-0.2, -0.15) is 0 Å². The van der Waals surface area contributed by atoms with Gasteiger partial charge in [-0.05, 0) is 49.6 Å². The average Bonchev–Trinajstić information content (AvgIpc) is 2.65. The van der Waals surface area contributed by atoms with Gasteiger partial charge in [-0.25, -0.2) is 13.1 Å². The number of benzene rings is 1. The molecule has 144 valence electrons. The Hall–Kier alpha value is -1.48. The number of ether oxygens (including phenoxy) is 1. The van der Waals surface area contributed by atoms with E-state index in [1.54, 1.807) is 23.1 Å². The van der Waals surface area contributed by atoms with E-state index in [0.717, 1.165) is 63.4 Å². The van der Waals surface area contributed by atoms with Crippen molar-refractivity contribution in [3.8, 4) is 0 Å². The highest BCUT2D eigenvalue weighted by Crippen LogP contribution is 2.29. The lowest BCUT2D eigenvalue weighted by molar-refractivity contribution is -0.116. The number of rotatable bonds is 6. The minimum atomic E-state index is -3.53. The molecule has 1 amide bonds. The van der Waals surface area contributed by atoms with Crippen LogP contribution >= 0.6 is 0 Å². The van der Waals surface area contributed by atoms with Crippen molar-refractivity contribution in [1.82, 2.24) is 9.62 Å². The number of morpholine rings is 1. The van der Waals surface area contributed by atoms with Gasteiger partial charge in [-0.15, -0.1) is 0 Å². The predicted molar refractivity (Wildman–Crippen MR) is 99.9 cm³/mol. The first-order chi connectivity index (χ1) is 12.5. The number of amides is 1. The second-order valence-electron chi connectivity index (χ2n) is 6.77. The molecule has 0 atom stereocenters. The van der Waals surface area contributed by atoms with E-state index in [2.05, 4.69) is 9.62 Å². The highest BCUT2D eigenvalue weighted by molar-refractivity contribution is 7.89. The van der Waals surface area contributed by atoms with Crippen LogP contribution < -0.4 is 9.62 Å². The molecule has 0 saturated carbocycles. The molecule has 1 aromatic carbocycles. The molecule has 0 aliphatic carbocycles. The predicted octanol–water partition coefficient (Wildman–Crippen LogP) is 0.986. The second kappa shape index (κ2) is 8.47. The molecule has 26 heavy (non-hydrogen) atoms. The Labute approximate surface area is 155 Å². The van der Waals surface area contributed by atoms with Crippen LogP contribution in [0.2, 0.25) is 0 Å². The summed E-state index contributed by atoms with van der Waals surface area (Å²) in [5, 5.41) is 0. The van der Waals surface area contributed by atoms with E-state index >= 15 is 0 Å². The summed E-state index contributed by atoms with van der Waals surface area (Å²) in [6.07, 6.45) is 2.41. The maximum Gasteiger partial charge on any atom is 0.240 e. The normalized spacial score (nSPS) is 18.6. The number of nitrogens with one attached hydrogen (secondary N) is 1. The summed E-state index contributed by atoms with van der Waals surface area (Å²) >= 11 is 0. The summed E-state index contributed by atoms with van der Waals surface area (Å²) in [6.45, 7) is 6.81. The Kier molecular flexibility index (Phi) is 6.29. The molecule has 0 aromatic heterocycles. The van der Waals surface area contributed by atoms with Crippen molar-refractivity contribution in [2.45, 2.75) is 31.1 Å². The maximum atomic E-state index is 12.6. The van der Waals surface area contributed by atoms with Crippen LogP contribution in [-0.4, -0.2) is 65.2 Å². The Bertz CT molecular complexity index is 745. The third-order valence-corrected chi connectivity index (χ3v) is 6.37. The fraction of sp³-hybridized carbons (Fsp3) is 0.611. The quantitative estimate of drug-likeness (QED) is 0.744. The molecule has 2 aliphatic heterocycles. The molecular weight excluding hydrogens is 354 g/mol. The monoisotopic (exact) mass is 381 g/mol. The van der Waals surface area contributed by atoms with E-state index in [-0.39, 0.29) is 10.8 Å². The molecular formula is C18H27N3O4S. The third-order valence-electron chi connectivity index (χ3n) is 4.91. The standard InChI is InChI=1S/C18H27N3O4S/c1-15(22)21-9-2-4-16-14-17(5-6-18(16)21)26(23,24)19-7-3-8-20-10-12-25-13-11-20/h5-6,14,19H,2-4,7-13H2,1H3. The lowest BCUT2D eigenvalue weighted by Crippen LogP contribution is -2.38. The molecule has 1 N–H and O–H groups in total. The molecule has 8 heteroatoms. The molecule has 3 rings (SSSR count). The molecule has 2 heterocycles. The number of hydrogen-bond acceptors (Lipinski definition) is 5. The Morgan fingerprint density at radius 3 is 2.73 bits per heavy atom. The molecule has 1 fully saturated rings. The van der Waals surface area contributed by atoms with Crippen LogP contribution in [0.3, 0.4) is 0 Å². The first kappa shape index (κ1) is 19.3. The van der Waals surface area contributed by atoms with Crippen LogP contribution in [0.15, 0.2) is 23.1 Å². The summed E-state index contributed by atoms with van der Waals surface area (Å²) in [4.78, 5) is 16.0. The van der Waals surface area contributed by atoms with Crippen molar-refractivity contribution < 1.29 is 17.9 Å². The van der Waals surface area contributed by atoms with E-state index in [9.17, 15) is 13.2 Å². The van der Waals surface area contributed by atoms with E-state index < -0.39 is 10.0 Å². The van der Waals surface area contributed by atoms with Gasteiger partial charge in [0.15, 0.2) is 0 Å². The molecule has 1 aromatic rings. The van der Waals surface area contributed by atoms with Crippen molar-refractivity contribution in [3.05, 3.63) is 23.8 Å². The maximum absolute atomic E-state index is 12.6. The fourth-order valence-electron chi connectivity index (χ4n) is 3.49. The summed E-state index contributed by atoms with van der Waals surface area (Å²) in [7, 11) is -3.53. The van der Waals surface area contributed by atoms with Crippen LogP contribution in [0.1, 0.15) is 25.3 Å². The smallest absolute Gasteiger partial charge is 0.240 e. The minimum absolute atomic E-state index is 0.0113. The van der Waals surface area contributed by atoms with Crippen LogP contribution in [0.4, 0.5) is 5.69 Å². The van der Waals surface area contributed by atoms with Crippen LogP contribution in [0.25, 0.3) is 0 Å². The average molecular weight is 381 g/mol. The third kappa shape index (κ3) is 4.62. The van der Waals surface area contributed by atoms with E-state index in [1.165, 1.54) is 6.92 Å². The van der Waals surface area contributed by atoms with Crippen molar-refractivity contribution in [3.63, 3.8) is 0 Å². The lowest BCUT2D eigenvalue weighted by Gasteiger charge is -2.29. The SMILES string of the molecule is CC(=O)N1CCCc2cc(S(=O)(=O)NCCCN3CCOCC3)ccc21. The number of carbonyl (C=O) groups is 1. The van der Waals surface area contributed by atoms with E-state index in [0.29, 0.717) is 13.1 Å². The summed E-state index contributed by atoms with van der Waals surface area (Å²) in [6, 6.07) is 5.04. The minimum Gasteiger partial charge on any atom is -0.379 e. The first-order valence-electron chi connectivity index (χ1n) is 9.18. The van der Waals surface area contributed by atoms with Gasteiger partial charge in [-0.1, -0.05) is 0 Å². The Morgan fingerprint density at radius 1 is 1.23 bits per heavy atom. The molecule has 1 saturated heterocycles. The molecule has 7 nitrogen and oxygen atoms in total. The number of fused-ring (bicyclic) bond motifs is 1. The zero-order chi connectivity index (χ0) is 18.6. The molecule has 0 radical (unpaired) electrons. The van der Waals surface area contributed by atoms with Crippen LogP contribution in [0, 0.1) is 0 Å². The number of anilines is 1. The van der Waals surface area contributed by atoms with E-state index in [1.807, 2.05) is 0 Å². The molecule has 0 spiro atoms. The molecule has 2 aliphatic rings. The summed E-state index contributed by atoms with van der Waals surface area (Å²) in [5.74, 6) is -0.0113. The van der Waals surface area contributed by atoms with Crippen molar-refractivity contribution in [1.29, 1.82) is 0 Å². The number of nitrogens with zero attached hydrogens (tertiary/aromatic N) is 2. The zero-order valence-electron chi connectivity index (χ0n) is 15.2. The second-order valence-corrected chi connectivity index (χ2v) is 8.54. The van der Waals surface area contributed by atoms with Gasteiger partial charge in [0.25, 0.3) is 0 Å². The van der Waals surface area contributed by atoms with Crippen LogP contribution in [0.5, 0.6) is 0 Å². The highest BCUT2D eigenvalue weighted by Gasteiger charge is 2.23. The van der Waals surface area contributed by atoms with Gasteiger partial charge in [0.05, 0.1) is 18.1 Å². The number of hydrogen-bond donors (Lipinski definition) is 1. The van der Waals surface area contributed by atoms with Gasteiger partial charge in [0, 0.05) is 38.8 Å². The van der Waals surface area contributed by atoms with Gasteiger partial charge >= 0.3 is 0 Å². The number of aryl methyl sites for hydroxylation is 1. The summed E-state index contributed by atoms with van der Waals surface area (Å²) in [5.41, 5.74) is 1.75. The van der Waals surface area contributed by atoms with Crippen LogP contribution in [-0.2, 0) is 26.0 Å². The van der Waals surface area contributed by atoms with Gasteiger partial charge < -0.3 is 9.64 Å². The Balaban J connectivity index is 1.59. The van der Waals surface area contributed by atoms with E-state index in [4.69, 9.17) is 4.74 Å². The first-order valence-corrected chi connectivity index (χ1v) is 10.7. The zero-order valence-corrected chi connectivity index (χ0v) is 16.1. The van der Waals surface area contributed by atoms with Gasteiger partial charge in [0.1, 0.15) is 0 Å². The number of sulfonamides is 1. The number of carbonyl (C=O) groups excluding carboxylic acids is 1. The molecule has 0 bridgehead atoms. The van der Waals surface area contributed by atoms with Crippen molar-refractivity contribution in [2.75, 3.05) is 50.8 Å². The summed E-state index contributed by atoms with van der Waals surface area (Å²) < 4.78 is 33.1. The topological polar surface area (TPSA) is 79.0 Å². The largest absolute Gasteiger partial charge is 0.379 e. The lowest BCUT2D eigenvalue weighted by atomic mass is 10.0. The van der Waals surface area contributed by atoms with Gasteiger partial charge in [-0.3, -0.25) is 9.69 Å².